The molecule has 0 heterocycles. The molecule has 0 unspecified atom stereocenters. The summed E-state index contributed by atoms with van der Waals surface area (Å²) in [6.45, 7) is 8.24. The lowest BCUT2D eigenvalue weighted by Crippen LogP contribution is -2.15. The third-order valence-electron chi connectivity index (χ3n) is 4.08. The smallest absolute Gasteiger partial charge is 0.266 e. The lowest BCUT2D eigenvalue weighted by molar-refractivity contribution is -0.112. The third kappa shape index (κ3) is 4.89. The van der Waals surface area contributed by atoms with Crippen LogP contribution < -0.4 is 14.8 Å². The molecule has 5 heteroatoms. The molecule has 0 aliphatic carbocycles. The number of hydrogen-bond donors (Lipinski definition) is 1. The SMILES string of the molecule is CCOc1cc(/C=C(\C#N)C(=O)Nc2c(C)cc(C)cc2C)ccc1OC. The number of nitrogens with one attached hydrogen (secondary N) is 1. The Bertz CT molecular complexity index is 901. The molecule has 0 aromatic heterocycles. The van der Waals surface area contributed by atoms with Crippen LogP contribution in [0.25, 0.3) is 6.08 Å². The molecule has 0 saturated heterocycles. The number of methoxy groups -OCH3 is 1. The minimum absolute atomic E-state index is 0.0157. The summed E-state index contributed by atoms with van der Waals surface area (Å²) in [5.41, 5.74) is 4.48. The average Bonchev–Trinajstić information content (AvgIpc) is 2.63. The van der Waals surface area contributed by atoms with Crippen molar-refractivity contribution in [3.63, 3.8) is 0 Å². The van der Waals surface area contributed by atoms with Gasteiger partial charge in [-0.05, 0) is 62.6 Å². The number of amides is 1. The van der Waals surface area contributed by atoms with Gasteiger partial charge in [0.05, 0.1) is 13.7 Å². The van der Waals surface area contributed by atoms with E-state index in [1.165, 1.54) is 6.08 Å². The van der Waals surface area contributed by atoms with Crippen molar-refractivity contribution in [2.75, 3.05) is 19.0 Å². The molecule has 2 aromatic rings. The molecule has 0 spiro atoms. The zero-order valence-corrected chi connectivity index (χ0v) is 16.3. The van der Waals surface area contributed by atoms with Crippen molar-refractivity contribution in [3.05, 3.63) is 58.2 Å². The first-order chi connectivity index (χ1) is 12.9. The van der Waals surface area contributed by atoms with Crippen molar-refractivity contribution in [3.8, 4) is 17.6 Å². The second-order valence-corrected chi connectivity index (χ2v) is 6.24. The molecular weight excluding hydrogens is 340 g/mol. The van der Waals surface area contributed by atoms with Crippen LogP contribution >= 0.6 is 0 Å². The first-order valence-electron chi connectivity index (χ1n) is 8.71. The van der Waals surface area contributed by atoms with Gasteiger partial charge in [-0.3, -0.25) is 4.79 Å². The second kappa shape index (κ2) is 8.91. The zero-order chi connectivity index (χ0) is 20.0. The molecule has 5 nitrogen and oxygen atoms in total. The molecular formula is C22H24N2O3. The van der Waals surface area contributed by atoms with Crippen LogP contribution in [0.4, 0.5) is 5.69 Å². The van der Waals surface area contributed by atoms with Gasteiger partial charge in [0, 0.05) is 5.69 Å². The highest BCUT2D eigenvalue weighted by atomic mass is 16.5. The number of nitriles is 1. The summed E-state index contributed by atoms with van der Waals surface area (Å²) < 4.78 is 10.8. The number of hydrogen-bond acceptors (Lipinski definition) is 4. The van der Waals surface area contributed by atoms with Gasteiger partial charge in [0.15, 0.2) is 11.5 Å². The summed E-state index contributed by atoms with van der Waals surface area (Å²) in [6.07, 6.45) is 1.54. The molecule has 1 N–H and O–H groups in total. The van der Waals surface area contributed by atoms with Crippen LogP contribution in [0.3, 0.4) is 0 Å². The summed E-state index contributed by atoms with van der Waals surface area (Å²) in [6, 6.07) is 11.2. The van der Waals surface area contributed by atoms with Crippen LogP contribution in [-0.2, 0) is 4.79 Å². The molecule has 2 aromatic carbocycles. The van der Waals surface area contributed by atoms with Crippen LogP contribution in [0, 0.1) is 32.1 Å². The molecule has 1 amide bonds. The van der Waals surface area contributed by atoms with E-state index in [2.05, 4.69) is 5.32 Å². The quantitative estimate of drug-likeness (QED) is 0.602. The van der Waals surface area contributed by atoms with Gasteiger partial charge in [-0.1, -0.05) is 23.8 Å². The van der Waals surface area contributed by atoms with E-state index < -0.39 is 5.91 Å². The maximum absolute atomic E-state index is 12.6. The Balaban J connectivity index is 2.32. The molecule has 2 rings (SSSR count). The number of benzene rings is 2. The first-order valence-corrected chi connectivity index (χ1v) is 8.71. The van der Waals surface area contributed by atoms with E-state index in [0.29, 0.717) is 23.7 Å². The fraction of sp³-hybridized carbons (Fsp3) is 0.273. The van der Waals surface area contributed by atoms with Crippen LogP contribution in [0.2, 0.25) is 0 Å². The largest absolute Gasteiger partial charge is 0.493 e. The number of carbonyl (C=O) groups excluding carboxylic acids is 1. The van der Waals surface area contributed by atoms with Gasteiger partial charge in [0.2, 0.25) is 0 Å². The van der Waals surface area contributed by atoms with Crippen molar-refractivity contribution in [1.29, 1.82) is 5.26 Å². The van der Waals surface area contributed by atoms with Crippen molar-refractivity contribution in [1.82, 2.24) is 0 Å². The summed E-state index contributed by atoms with van der Waals surface area (Å²) in [5.74, 6) is 0.723. The van der Waals surface area contributed by atoms with Gasteiger partial charge in [0.25, 0.3) is 5.91 Å². The fourth-order valence-electron chi connectivity index (χ4n) is 2.92. The Kier molecular flexibility index (Phi) is 6.62. The Hall–Kier alpha value is -3.26. The van der Waals surface area contributed by atoms with Crippen molar-refractivity contribution >= 4 is 17.7 Å². The number of anilines is 1. The maximum atomic E-state index is 12.6. The van der Waals surface area contributed by atoms with Crippen LogP contribution in [0.15, 0.2) is 35.9 Å². The van der Waals surface area contributed by atoms with Gasteiger partial charge < -0.3 is 14.8 Å². The van der Waals surface area contributed by atoms with E-state index in [-0.39, 0.29) is 5.57 Å². The predicted molar refractivity (Wildman–Crippen MR) is 107 cm³/mol. The molecule has 0 atom stereocenters. The average molecular weight is 364 g/mol. The normalized spacial score (nSPS) is 10.9. The third-order valence-corrected chi connectivity index (χ3v) is 4.08. The number of aryl methyl sites for hydroxylation is 3. The predicted octanol–water partition coefficient (Wildman–Crippen LogP) is 4.56. The van der Waals surface area contributed by atoms with E-state index in [9.17, 15) is 10.1 Å². The van der Waals surface area contributed by atoms with E-state index in [1.807, 2.05) is 45.9 Å². The van der Waals surface area contributed by atoms with Crippen LogP contribution in [-0.4, -0.2) is 19.6 Å². The maximum Gasteiger partial charge on any atom is 0.266 e. The summed E-state index contributed by atoms with van der Waals surface area (Å²) >= 11 is 0. The van der Waals surface area contributed by atoms with Crippen molar-refractivity contribution in [2.45, 2.75) is 27.7 Å². The Morgan fingerprint density at radius 1 is 1.15 bits per heavy atom. The lowest BCUT2D eigenvalue weighted by atomic mass is 10.0. The molecule has 0 saturated carbocycles. The molecule has 0 radical (unpaired) electrons. The lowest BCUT2D eigenvalue weighted by Gasteiger charge is -2.13. The number of nitrogens with zero attached hydrogens (tertiary/aromatic N) is 1. The molecule has 0 fully saturated rings. The minimum Gasteiger partial charge on any atom is -0.493 e. The van der Waals surface area contributed by atoms with Crippen molar-refractivity contribution < 1.29 is 14.3 Å². The highest BCUT2D eigenvalue weighted by molar-refractivity contribution is 6.10. The first kappa shape index (κ1) is 20.1. The Morgan fingerprint density at radius 2 is 1.81 bits per heavy atom. The zero-order valence-electron chi connectivity index (χ0n) is 16.3. The Labute approximate surface area is 160 Å². The van der Waals surface area contributed by atoms with Gasteiger partial charge in [0.1, 0.15) is 11.6 Å². The highest BCUT2D eigenvalue weighted by Crippen LogP contribution is 2.29. The number of ether oxygens (including phenoxy) is 2. The van der Waals surface area contributed by atoms with E-state index in [1.54, 1.807) is 25.3 Å². The molecule has 0 aliphatic heterocycles. The highest BCUT2D eigenvalue weighted by Gasteiger charge is 2.13. The standard InChI is InChI=1S/C22H24N2O3/c1-6-27-20-12-17(7-8-19(20)26-5)11-18(13-23)22(25)24-21-15(3)9-14(2)10-16(21)4/h7-12H,6H2,1-5H3,(H,24,25)/b18-11+. The van der Waals surface area contributed by atoms with E-state index in [0.717, 1.165) is 22.4 Å². The van der Waals surface area contributed by atoms with Gasteiger partial charge >= 0.3 is 0 Å². The molecule has 0 bridgehead atoms. The van der Waals surface area contributed by atoms with Crippen LogP contribution in [0.5, 0.6) is 11.5 Å². The van der Waals surface area contributed by atoms with E-state index in [4.69, 9.17) is 9.47 Å². The second-order valence-electron chi connectivity index (χ2n) is 6.24. The van der Waals surface area contributed by atoms with Crippen LogP contribution in [0.1, 0.15) is 29.2 Å². The Morgan fingerprint density at radius 3 is 2.37 bits per heavy atom. The van der Waals surface area contributed by atoms with Gasteiger partial charge in [-0.25, -0.2) is 0 Å². The summed E-state index contributed by atoms with van der Waals surface area (Å²) in [4.78, 5) is 12.6. The van der Waals surface area contributed by atoms with Crippen molar-refractivity contribution in [2.24, 2.45) is 0 Å². The van der Waals surface area contributed by atoms with Gasteiger partial charge in [-0.15, -0.1) is 0 Å². The summed E-state index contributed by atoms with van der Waals surface area (Å²) in [7, 11) is 1.56. The molecule has 0 aliphatic rings. The minimum atomic E-state index is -0.443. The van der Waals surface area contributed by atoms with E-state index >= 15 is 0 Å². The van der Waals surface area contributed by atoms with Gasteiger partial charge in [-0.2, -0.15) is 5.26 Å². The number of rotatable bonds is 6. The molecule has 140 valence electrons. The topological polar surface area (TPSA) is 71.3 Å². The number of carbonyl (C=O) groups is 1. The molecule has 27 heavy (non-hydrogen) atoms. The summed E-state index contributed by atoms with van der Waals surface area (Å²) in [5, 5.41) is 12.3. The fourth-order valence-corrected chi connectivity index (χ4v) is 2.92. The monoisotopic (exact) mass is 364 g/mol.